The highest BCUT2D eigenvalue weighted by Gasteiger charge is 2.40. The summed E-state index contributed by atoms with van der Waals surface area (Å²) in [6.07, 6.45) is -1.06. The Bertz CT molecular complexity index is 431. The van der Waals surface area contributed by atoms with Gasteiger partial charge in [0.25, 0.3) is 0 Å². The molecule has 2 rings (SSSR count). The molecule has 0 saturated carbocycles. The summed E-state index contributed by atoms with van der Waals surface area (Å²) in [5.41, 5.74) is 0.878. The van der Waals surface area contributed by atoms with E-state index in [9.17, 15) is 9.59 Å². The van der Waals surface area contributed by atoms with Crippen LogP contribution in [0.2, 0.25) is 0 Å². The minimum atomic E-state index is -1.06. The topological polar surface area (TPSA) is 77.8 Å². The second-order valence-electron chi connectivity index (χ2n) is 4.15. The van der Waals surface area contributed by atoms with Gasteiger partial charge in [0.05, 0.1) is 5.92 Å². The fourth-order valence-corrected chi connectivity index (χ4v) is 2.25. The first-order valence-electron chi connectivity index (χ1n) is 5.35. The maximum absolute atomic E-state index is 11.1. The molecular weight excluding hydrogens is 222 g/mol. The van der Waals surface area contributed by atoms with Crippen LogP contribution in [0.3, 0.4) is 0 Å². The quantitative estimate of drug-likeness (QED) is 0.813. The molecule has 90 valence electrons. The molecule has 0 spiro atoms. The maximum Gasteiger partial charge on any atom is 0.407 e. The van der Waals surface area contributed by atoms with Crippen LogP contribution in [0.5, 0.6) is 0 Å². The van der Waals surface area contributed by atoms with Gasteiger partial charge in [-0.15, -0.1) is 0 Å². The van der Waals surface area contributed by atoms with Crippen molar-refractivity contribution < 1.29 is 19.8 Å². The number of likely N-dealkylation sites (tertiary alicyclic amines) is 1. The normalized spacial score (nSPS) is 23.6. The van der Waals surface area contributed by atoms with Gasteiger partial charge >= 0.3 is 12.1 Å². The van der Waals surface area contributed by atoms with Gasteiger partial charge in [-0.3, -0.25) is 4.79 Å². The van der Waals surface area contributed by atoms with Crippen molar-refractivity contribution in [3.05, 3.63) is 35.9 Å². The molecule has 1 aromatic carbocycles. The van der Waals surface area contributed by atoms with Crippen LogP contribution in [0.15, 0.2) is 30.3 Å². The summed E-state index contributed by atoms with van der Waals surface area (Å²) in [6, 6.07) is 9.19. The van der Waals surface area contributed by atoms with Crippen LogP contribution in [0.25, 0.3) is 0 Å². The van der Waals surface area contributed by atoms with Crippen molar-refractivity contribution in [1.82, 2.24) is 4.90 Å². The highest BCUT2D eigenvalue weighted by atomic mass is 16.4. The molecule has 1 amide bonds. The molecule has 2 N–H and O–H groups in total. The van der Waals surface area contributed by atoms with Gasteiger partial charge in [-0.1, -0.05) is 30.3 Å². The molecule has 5 nitrogen and oxygen atoms in total. The number of aliphatic carboxylic acids is 1. The average Bonchev–Trinajstić information content (AvgIpc) is 2.75. The number of hydrogen-bond donors (Lipinski definition) is 2. The maximum atomic E-state index is 11.1. The Balaban J connectivity index is 2.26. The van der Waals surface area contributed by atoms with Gasteiger partial charge in [-0.25, -0.2) is 4.79 Å². The second-order valence-corrected chi connectivity index (χ2v) is 4.15. The van der Waals surface area contributed by atoms with Gasteiger partial charge in [0.1, 0.15) is 0 Å². The fraction of sp³-hybridized carbons (Fsp3) is 0.333. The molecule has 1 aliphatic heterocycles. The lowest BCUT2D eigenvalue weighted by molar-refractivity contribution is -0.141. The minimum Gasteiger partial charge on any atom is -0.481 e. The third kappa shape index (κ3) is 2.22. The van der Waals surface area contributed by atoms with Crippen LogP contribution in [0.1, 0.15) is 11.5 Å². The number of carboxylic acids is 1. The Morgan fingerprint density at radius 1 is 1.12 bits per heavy atom. The molecule has 0 unspecified atom stereocenters. The van der Waals surface area contributed by atoms with Crippen molar-refractivity contribution in [2.45, 2.75) is 5.92 Å². The first-order chi connectivity index (χ1) is 8.09. The standard InChI is InChI=1S/C12H13NO4/c14-11(15)10-7-13(12(16)17)6-9(10)8-4-2-1-3-5-8/h1-5,9-10H,6-7H2,(H,14,15)(H,16,17)/t9-,10-/m0/s1. The molecular formula is C12H13NO4. The largest absolute Gasteiger partial charge is 0.481 e. The summed E-state index contributed by atoms with van der Waals surface area (Å²) in [5, 5.41) is 18.0. The van der Waals surface area contributed by atoms with E-state index in [1.54, 1.807) is 0 Å². The van der Waals surface area contributed by atoms with Gasteiger partial charge in [0, 0.05) is 19.0 Å². The summed E-state index contributed by atoms with van der Waals surface area (Å²) in [4.78, 5) is 23.2. The molecule has 0 radical (unpaired) electrons. The molecule has 1 aliphatic rings. The molecule has 0 aliphatic carbocycles. The lowest BCUT2D eigenvalue weighted by atomic mass is 9.89. The molecule has 0 bridgehead atoms. The van der Waals surface area contributed by atoms with Crippen LogP contribution < -0.4 is 0 Å². The minimum absolute atomic E-state index is 0.0597. The van der Waals surface area contributed by atoms with Crippen LogP contribution in [-0.2, 0) is 4.79 Å². The van der Waals surface area contributed by atoms with Crippen LogP contribution >= 0.6 is 0 Å². The van der Waals surface area contributed by atoms with Gasteiger partial charge in [-0.05, 0) is 5.56 Å². The van der Waals surface area contributed by atoms with Crippen molar-refractivity contribution >= 4 is 12.1 Å². The monoisotopic (exact) mass is 235 g/mol. The number of carbonyl (C=O) groups is 2. The second kappa shape index (κ2) is 4.45. The molecule has 0 aromatic heterocycles. The number of rotatable bonds is 2. The summed E-state index contributed by atoms with van der Waals surface area (Å²) in [7, 11) is 0. The number of carboxylic acid groups (broad SMARTS) is 2. The van der Waals surface area contributed by atoms with E-state index in [0.29, 0.717) is 0 Å². The highest BCUT2D eigenvalue weighted by molar-refractivity contribution is 5.75. The summed E-state index contributed by atoms with van der Waals surface area (Å²) in [5.74, 6) is -1.86. The third-order valence-corrected chi connectivity index (χ3v) is 3.14. The van der Waals surface area contributed by atoms with Crippen molar-refractivity contribution in [3.8, 4) is 0 Å². The third-order valence-electron chi connectivity index (χ3n) is 3.14. The Hall–Kier alpha value is -2.04. The molecule has 1 heterocycles. The predicted molar refractivity (Wildman–Crippen MR) is 59.9 cm³/mol. The van der Waals surface area contributed by atoms with E-state index in [1.807, 2.05) is 30.3 Å². The highest BCUT2D eigenvalue weighted by Crippen LogP contribution is 2.32. The van der Waals surface area contributed by atoms with E-state index in [0.717, 1.165) is 10.5 Å². The van der Waals surface area contributed by atoms with E-state index in [4.69, 9.17) is 10.2 Å². The Morgan fingerprint density at radius 2 is 1.76 bits per heavy atom. The van der Waals surface area contributed by atoms with Crippen LogP contribution in [0.4, 0.5) is 4.79 Å². The van der Waals surface area contributed by atoms with Gasteiger partial charge in [-0.2, -0.15) is 0 Å². The lowest BCUT2D eigenvalue weighted by Crippen LogP contribution is -2.28. The Kier molecular flexibility index (Phi) is 2.99. The summed E-state index contributed by atoms with van der Waals surface area (Å²) >= 11 is 0. The van der Waals surface area contributed by atoms with Gasteiger partial charge < -0.3 is 15.1 Å². The Morgan fingerprint density at radius 3 is 2.29 bits per heavy atom. The SMILES string of the molecule is O=C(O)[C@H]1CN(C(=O)O)C[C@H]1c1ccccc1. The van der Waals surface area contributed by atoms with E-state index in [-0.39, 0.29) is 19.0 Å². The number of amides is 1. The van der Waals surface area contributed by atoms with Crippen molar-refractivity contribution in [1.29, 1.82) is 0 Å². The summed E-state index contributed by atoms with van der Waals surface area (Å²) < 4.78 is 0. The molecule has 5 heteroatoms. The molecule has 1 aromatic rings. The zero-order valence-electron chi connectivity index (χ0n) is 9.11. The Labute approximate surface area is 98.3 Å². The number of nitrogens with zero attached hydrogens (tertiary/aromatic N) is 1. The zero-order valence-corrected chi connectivity index (χ0v) is 9.11. The van der Waals surface area contributed by atoms with Crippen molar-refractivity contribution in [3.63, 3.8) is 0 Å². The summed E-state index contributed by atoms with van der Waals surface area (Å²) in [6.45, 7) is 0.306. The molecule has 17 heavy (non-hydrogen) atoms. The lowest BCUT2D eigenvalue weighted by Gasteiger charge is -2.14. The van der Waals surface area contributed by atoms with Crippen LogP contribution in [-0.4, -0.2) is 40.3 Å². The van der Waals surface area contributed by atoms with Gasteiger partial charge in [0.15, 0.2) is 0 Å². The predicted octanol–water partition coefficient (Wildman–Crippen LogP) is 1.46. The molecule has 2 atom stereocenters. The average molecular weight is 235 g/mol. The van der Waals surface area contributed by atoms with Gasteiger partial charge in [0.2, 0.25) is 0 Å². The van der Waals surface area contributed by atoms with Crippen LogP contribution in [0, 0.1) is 5.92 Å². The van der Waals surface area contributed by atoms with E-state index in [2.05, 4.69) is 0 Å². The van der Waals surface area contributed by atoms with E-state index >= 15 is 0 Å². The number of benzene rings is 1. The van der Waals surface area contributed by atoms with Crippen molar-refractivity contribution in [2.24, 2.45) is 5.92 Å². The first kappa shape index (κ1) is 11.4. The number of hydrogen-bond acceptors (Lipinski definition) is 2. The van der Waals surface area contributed by atoms with E-state index in [1.165, 1.54) is 0 Å². The smallest absolute Gasteiger partial charge is 0.407 e. The first-order valence-corrected chi connectivity index (χ1v) is 5.35. The molecule has 1 fully saturated rings. The van der Waals surface area contributed by atoms with E-state index < -0.39 is 18.0 Å². The fourth-order valence-electron chi connectivity index (χ4n) is 2.25. The zero-order chi connectivity index (χ0) is 12.4. The van der Waals surface area contributed by atoms with Crippen molar-refractivity contribution in [2.75, 3.05) is 13.1 Å². The molecule has 1 saturated heterocycles.